The summed E-state index contributed by atoms with van der Waals surface area (Å²) in [5.41, 5.74) is -2.31. The zero-order valence-corrected chi connectivity index (χ0v) is 14.9. The van der Waals surface area contributed by atoms with Gasteiger partial charge in [-0.15, -0.1) is 0 Å². The summed E-state index contributed by atoms with van der Waals surface area (Å²) in [6, 6.07) is 4.22. The minimum absolute atomic E-state index is 0.0149. The van der Waals surface area contributed by atoms with E-state index in [9.17, 15) is 31.4 Å². The molecule has 0 fully saturated rings. The van der Waals surface area contributed by atoms with E-state index in [4.69, 9.17) is 0 Å². The van der Waals surface area contributed by atoms with Crippen molar-refractivity contribution in [2.45, 2.75) is 24.9 Å². The first kappa shape index (κ1) is 20.2. The number of alkyl halides is 6. The highest BCUT2D eigenvalue weighted by atomic mass is 127. The molecule has 0 spiro atoms. The maximum atomic E-state index is 13.2. The van der Waals surface area contributed by atoms with Gasteiger partial charge < -0.3 is 5.11 Å². The number of para-hydroxylation sites is 1. The maximum Gasteiger partial charge on any atom is 0.418 e. The number of benzene rings is 1. The van der Waals surface area contributed by atoms with Gasteiger partial charge in [0.25, 0.3) is 0 Å². The van der Waals surface area contributed by atoms with Crippen molar-refractivity contribution in [2.24, 2.45) is 0 Å². The molecule has 0 aliphatic rings. The van der Waals surface area contributed by atoms with Crippen LogP contribution in [0.15, 0.2) is 24.3 Å². The smallest absolute Gasteiger partial charge is 0.387 e. The van der Waals surface area contributed by atoms with E-state index >= 15 is 0 Å². The first-order valence-corrected chi connectivity index (χ1v) is 7.96. The Morgan fingerprint density at radius 1 is 1.20 bits per heavy atom. The van der Waals surface area contributed by atoms with Gasteiger partial charge in [-0.3, -0.25) is 4.98 Å². The fourth-order valence-corrected chi connectivity index (χ4v) is 2.84. The maximum absolute atomic E-state index is 13.2. The van der Waals surface area contributed by atoms with E-state index in [1.54, 1.807) is 10.2 Å². The van der Waals surface area contributed by atoms with Gasteiger partial charge in [0, 0.05) is 34.8 Å². The van der Waals surface area contributed by atoms with Crippen LogP contribution in [0.3, 0.4) is 0 Å². The van der Waals surface area contributed by atoms with E-state index in [0.717, 1.165) is 18.2 Å². The third-order valence-corrected chi connectivity index (χ3v) is 3.79. The summed E-state index contributed by atoms with van der Waals surface area (Å²) in [4.78, 5) is 3.58. The Morgan fingerprint density at radius 2 is 1.84 bits per heavy atom. The van der Waals surface area contributed by atoms with Crippen molar-refractivity contribution < 1.29 is 31.4 Å². The topological polar surface area (TPSA) is 36.4 Å². The molecule has 3 nitrogen and oxygen atoms in total. The van der Waals surface area contributed by atoms with Crippen LogP contribution in [0.2, 0.25) is 0 Å². The van der Waals surface area contributed by atoms with E-state index in [0.29, 0.717) is 0 Å². The third kappa shape index (κ3) is 5.17. The number of aromatic nitrogens is 1. The summed E-state index contributed by atoms with van der Waals surface area (Å²) in [7, 11) is 1.62. The van der Waals surface area contributed by atoms with E-state index in [1.807, 2.05) is 22.9 Å². The molecule has 1 aromatic heterocycles. The van der Waals surface area contributed by atoms with Crippen molar-refractivity contribution in [3.05, 3.63) is 41.1 Å². The molecule has 0 aliphatic carbocycles. The number of nitrogens with zero attached hydrogens (tertiary/aromatic N) is 2. The van der Waals surface area contributed by atoms with Crippen LogP contribution >= 0.6 is 22.9 Å². The lowest BCUT2D eigenvalue weighted by atomic mass is 9.99. The van der Waals surface area contributed by atoms with Crippen LogP contribution < -0.4 is 0 Å². The largest absolute Gasteiger partial charge is 0.418 e. The molecular formula is C15H13F6IN2O. The monoisotopic (exact) mass is 478 g/mol. The molecule has 1 heterocycles. The molecule has 1 atom stereocenters. The van der Waals surface area contributed by atoms with Gasteiger partial charge in [0.2, 0.25) is 0 Å². The molecule has 1 N–H and O–H groups in total. The van der Waals surface area contributed by atoms with Crippen LogP contribution in [-0.2, 0) is 12.6 Å². The van der Waals surface area contributed by atoms with Gasteiger partial charge >= 0.3 is 12.4 Å². The Kier molecular flexibility index (Phi) is 5.84. The molecule has 0 radical (unpaired) electrons. The minimum atomic E-state index is -4.77. The first-order chi connectivity index (χ1) is 11.4. The van der Waals surface area contributed by atoms with Gasteiger partial charge in [-0.1, -0.05) is 12.1 Å². The lowest BCUT2D eigenvalue weighted by molar-refractivity contribution is -0.136. The van der Waals surface area contributed by atoms with E-state index in [2.05, 4.69) is 4.98 Å². The van der Waals surface area contributed by atoms with Crippen LogP contribution in [0.25, 0.3) is 10.9 Å². The number of rotatable bonds is 4. The molecule has 0 aliphatic heterocycles. The van der Waals surface area contributed by atoms with Crippen LogP contribution in [0, 0.1) is 0 Å². The number of hydrogen-bond acceptors (Lipinski definition) is 3. The fraction of sp³-hybridized carbons (Fsp3) is 0.400. The van der Waals surface area contributed by atoms with E-state index in [1.165, 1.54) is 6.07 Å². The molecule has 25 heavy (non-hydrogen) atoms. The van der Waals surface area contributed by atoms with Gasteiger partial charge in [-0.2, -0.15) is 26.3 Å². The predicted molar refractivity (Wildman–Crippen MR) is 88.1 cm³/mol. The summed E-state index contributed by atoms with van der Waals surface area (Å²) in [5.74, 6) is 0. The van der Waals surface area contributed by atoms with E-state index < -0.39 is 41.7 Å². The number of likely N-dealkylation sites (N-methyl/N-ethyl adjacent to an activating group) is 1. The summed E-state index contributed by atoms with van der Waals surface area (Å²) in [6.45, 7) is 0.0291. The number of aliphatic hydroxyl groups excluding tert-OH is 1. The molecule has 0 saturated carbocycles. The molecule has 1 aromatic carbocycles. The number of halogens is 7. The number of hydrogen-bond donors (Lipinski definition) is 1. The average molecular weight is 478 g/mol. The second kappa shape index (κ2) is 7.23. The van der Waals surface area contributed by atoms with Gasteiger partial charge in [0.15, 0.2) is 0 Å². The molecule has 2 aromatic rings. The summed E-state index contributed by atoms with van der Waals surface area (Å²) in [6.07, 6.45) is -12.1. The Morgan fingerprint density at radius 3 is 2.36 bits per heavy atom. The molecular weight excluding hydrogens is 465 g/mol. The number of fused-ring (bicyclic) bond motifs is 1. The highest BCUT2D eigenvalue weighted by Crippen LogP contribution is 2.37. The summed E-state index contributed by atoms with van der Waals surface area (Å²) >= 11 is 1.86. The highest BCUT2D eigenvalue weighted by molar-refractivity contribution is 14.1. The van der Waals surface area contributed by atoms with Gasteiger partial charge in [0.1, 0.15) is 0 Å². The van der Waals surface area contributed by atoms with Gasteiger partial charge in [-0.05, 0) is 24.7 Å². The van der Waals surface area contributed by atoms with Crippen LogP contribution in [0.1, 0.15) is 22.9 Å². The van der Waals surface area contributed by atoms with Crippen LogP contribution in [0.4, 0.5) is 26.3 Å². The number of aliphatic hydroxyl groups is 1. The van der Waals surface area contributed by atoms with Crippen molar-refractivity contribution in [2.75, 3.05) is 13.6 Å². The van der Waals surface area contributed by atoms with Crippen LogP contribution in [0.5, 0.6) is 0 Å². The van der Waals surface area contributed by atoms with Crippen molar-refractivity contribution in [1.29, 1.82) is 0 Å². The minimum Gasteiger partial charge on any atom is -0.387 e. The van der Waals surface area contributed by atoms with E-state index in [-0.39, 0.29) is 17.5 Å². The summed E-state index contributed by atoms with van der Waals surface area (Å²) < 4.78 is 79.2. The molecule has 138 valence electrons. The summed E-state index contributed by atoms with van der Waals surface area (Å²) in [5, 5.41) is 10.2. The molecule has 0 bridgehead atoms. The standard InChI is InChI=1S/C15H13F6IN2O/c1-24(22)7-12(25)10-5-8(6-14(16,17)18)23-13-9(10)3-2-4-11(13)15(19,20)21/h2-5,12,25H,6-7H2,1H3. The normalized spacial score (nSPS) is 14.3. The Hall–Kier alpha value is -1.14. The molecule has 10 heteroatoms. The highest BCUT2D eigenvalue weighted by Gasteiger charge is 2.35. The number of pyridine rings is 1. The zero-order valence-electron chi connectivity index (χ0n) is 12.8. The van der Waals surface area contributed by atoms with Gasteiger partial charge in [-0.25, -0.2) is 3.11 Å². The lowest BCUT2D eigenvalue weighted by Gasteiger charge is -2.19. The Labute approximate surface area is 153 Å². The third-order valence-electron chi connectivity index (χ3n) is 3.40. The van der Waals surface area contributed by atoms with Gasteiger partial charge in [0.05, 0.1) is 29.3 Å². The fourth-order valence-electron chi connectivity index (χ4n) is 2.47. The molecule has 0 amide bonds. The SMILES string of the molecule is CN(I)CC(O)c1cc(CC(F)(F)F)nc2c(C(F)(F)F)cccc12. The molecule has 2 rings (SSSR count). The second-order valence-electron chi connectivity index (χ2n) is 5.50. The first-order valence-electron chi connectivity index (χ1n) is 7.00. The molecule has 0 saturated heterocycles. The molecule has 1 unspecified atom stereocenters. The van der Waals surface area contributed by atoms with Crippen LogP contribution in [-0.4, -0.2) is 33.0 Å². The van der Waals surface area contributed by atoms with Crippen molar-refractivity contribution in [3.8, 4) is 0 Å². The Balaban J connectivity index is 2.72. The average Bonchev–Trinajstić information content (AvgIpc) is 2.42. The van der Waals surface area contributed by atoms with Crippen molar-refractivity contribution >= 4 is 33.8 Å². The van der Waals surface area contributed by atoms with Crippen molar-refractivity contribution in [3.63, 3.8) is 0 Å². The second-order valence-corrected chi connectivity index (χ2v) is 7.14. The lowest BCUT2D eigenvalue weighted by Crippen LogP contribution is -2.18. The predicted octanol–water partition coefficient (Wildman–Crippen LogP) is 4.67. The zero-order chi connectivity index (χ0) is 19.0. The van der Waals surface area contributed by atoms with Crippen molar-refractivity contribution in [1.82, 2.24) is 8.10 Å². The quantitative estimate of drug-likeness (QED) is 0.394. The Bertz CT molecular complexity index is 760.